The maximum absolute atomic E-state index is 11.9. The fourth-order valence-electron chi connectivity index (χ4n) is 2.29. The second-order valence-corrected chi connectivity index (χ2v) is 6.58. The Bertz CT molecular complexity index is 774. The van der Waals surface area contributed by atoms with Gasteiger partial charge in [-0.25, -0.2) is 9.78 Å². The van der Waals surface area contributed by atoms with E-state index in [9.17, 15) is 4.79 Å². The maximum Gasteiger partial charge on any atom is 0.341 e. The molecule has 7 nitrogen and oxygen atoms in total. The normalized spacial score (nSPS) is 11.2. The van der Waals surface area contributed by atoms with Crippen molar-refractivity contribution in [2.75, 3.05) is 21.3 Å². The zero-order chi connectivity index (χ0) is 18.9. The van der Waals surface area contributed by atoms with Gasteiger partial charge in [0.1, 0.15) is 16.3 Å². The molecule has 2 N–H and O–H groups in total. The Labute approximate surface area is 157 Å². The van der Waals surface area contributed by atoms with Crippen molar-refractivity contribution in [1.29, 1.82) is 0 Å². The van der Waals surface area contributed by atoms with Gasteiger partial charge in [0.25, 0.3) is 0 Å². The van der Waals surface area contributed by atoms with Crippen molar-refractivity contribution in [3.8, 4) is 5.75 Å². The van der Waals surface area contributed by atoms with E-state index in [1.54, 1.807) is 30.5 Å². The predicted molar refractivity (Wildman–Crippen MR) is 103 cm³/mol. The van der Waals surface area contributed by atoms with Crippen LogP contribution in [0.25, 0.3) is 0 Å². The van der Waals surface area contributed by atoms with Crippen molar-refractivity contribution in [2.45, 2.75) is 26.4 Å². The summed E-state index contributed by atoms with van der Waals surface area (Å²) < 4.78 is 10.0. The number of thiazole rings is 1. The summed E-state index contributed by atoms with van der Waals surface area (Å²) in [6, 6.07) is 5.39. The van der Waals surface area contributed by atoms with E-state index in [1.807, 2.05) is 12.3 Å². The molecule has 1 aromatic heterocycles. The molecule has 1 heterocycles. The molecule has 2 aromatic rings. The molecule has 0 unspecified atom stereocenters. The summed E-state index contributed by atoms with van der Waals surface area (Å²) in [6.45, 7) is 3.23. The number of aliphatic imine (C=N–C) groups is 1. The fraction of sp³-hybridized carbons (Fsp3) is 0.389. The molecule has 0 saturated carbocycles. The van der Waals surface area contributed by atoms with E-state index in [-0.39, 0.29) is 0 Å². The van der Waals surface area contributed by atoms with Crippen LogP contribution in [0.2, 0.25) is 0 Å². The quantitative estimate of drug-likeness (QED) is 0.438. The molecule has 0 radical (unpaired) electrons. The van der Waals surface area contributed by atoms with Crippen LogP contribution in [0.5, 0.6) is 5.75 Å². The Balaban J connectivity index is 1.96. The number of hydrogen-bond acceptors (Lipinski definition) is 6. The van der Waals surface area contributed by atoms with Gasteiger partial charge >= 0.3 is 5.97 Å². The van der Waals surface area contributed by atoms with Crippen LogP contribution in [0.3, 0.4) is 0 Å². The minimum absolute atomic E-state index is 0.395. The topological polar surface area (TPSA) is 84.8 Å². The average Bonchev–Trinajstić information content (AvgIpc) is 3.15. The molecule has 0 fully saturated rings. The monoisotopic (exact) mass is 376 g/mol. The summed E-state index contributed by atoms with van der Waals surface area (Å²) in [6.07, 6.45) is 2.90. The number of hydrogen-bond donors (Lipinski definition) is 2. The van der Waals surface area contributed by atoms with Gasteiger partial charge in [0.2, 0.25) is 0 Å². The van der Waals surface area contributed by atoms with E-state index in [4.69, 9.17) is 9.47 Å². The third-order valence-corrected chi connectivity index (χ3v) is 4.85. The molecule has 2 rings (SSSR count). The van der Waals surface area contributed by atoms with E-state index in [1.165, 1.54) is 19.1 Å². The highest BCUT2D eigenvalue weighted by Gasteiger charge is 2.13. The van der Waals surface area contributed by atoms with E-state index in [0.29, 0.717) is 30.4 Å². The van der Waals surface area contributed by atoms with Crippen LogP contribution >= 0.6 is 11.3 Å². The Morgan fingerprint density at radius 3 is 2.65 bits per heavy atom. The van der Waals surface area contributed by atoms with E-state index >= 15 is 0 Å². The van der Waals surface area contributed by atoms with Gasteiger partial charge in [-0.05, 0) is 24.1 Å². The van der Waals surface area contributed by atoms with Crippen molar-refractivity contribution in [3.05, 3.63) is 45.4 Å². The first-order valence-electron chi connectivity index (χ1n) is 8.24. The van der Waals surface area contributed by atoms with Gasteiger partial charge in [0, 0.05) is 24.7 Å². The van der Waals surface area contributed by atoms with Gasteiger partial charge in [-0.3, -0.25) is 4.99 Å². The Kier molecular flexibility index (Phi) is 7.40. The largest absolute Gasteiger partial charge is 0.496 e. The van der Waals surface area contributed by atoms with Gasteiger partial charge in [-0.15, -0.1) is 11.3 Å². The molecule has 0 amide bonds. The summed E-state index contributed by atoms with van der Waals surface area (Å²) in [5.74, 6) is 0.717. The number of aromatic nitrogens is 1. The summed E-state index contributed by atoms with van der Waals surface area (Å²) >= 11 is 1.69. The van der Waals surface area contributed by atoms with Gasteiger partial charge in [-0.1, -0.05) is 13.0 Å². The first-order chi connectivity index (χ1) is 12.6. The second kappa shape index (κ2) is 9.76. The number of nitrogens with one attached hydrogen (secondary N) is 2. The summed E-state index contributed by atoms with van der Waals surface area (Å²) in [7, 11) is 4.58. The summed E-state index contributed by atoms with van der Waals surface area (Å²) in [4.78, 5) is 21.7. The zero-order valence-corrected chi connectivity index (χ0v) is 16.3. The van der Waals surface area contributed by atoms with Crippen LogP contribution < -0.4 is 15.4 Å². The summed E-state index contributed by atoms with van der Waals surface area (Å²) in [5.41, 5.74) is 1.31. The molecule has 8 heteroatoms. The SMILES string of the molecule is CCc1cnc(CNC(=NC)NCc2ccc(OC)c(C(=O)OC)c2)s1. The molecule has 0 aliphatic carbocycles. The Morgan fingerprint density at radius 2 is 2.04 bits per heavy atom. The van der Waals surface area contributed by atoms with Crippen molar-refractivity contribution < 1.29 is 14.3 Å². The minimum Gasteiger partial charge on any atom is -0.496 e. The second-order valence-electron chi connectivity index (χ2n) is 5.38. The number of guanidine groups is 1. The highest BCUT2D eigenvalue weighted by molar-refractivity contribution is 7.11. The first-order valence-corrected chi connectivity index (χ1v) is 9.06. The van der Waals surface area contributed by atoms with Crippen molar-refractivity contribution in [2.24, 2.45) is 4.99 Å². The molecule has 0 saturated heterocycles. The van der Waals surface area contributed by atoms with Crippen LogP contribution in [0.15, 0.2) is 29.4 Å². The molecule has 0 aliphatic rings. The van der Waals surface area contributed by atoms with Crippen LogP contribution in [0.4, 0.5) is 0 Å². The molecular weight excluding hydrogens is 352 g/mol. The maximum atomic E-state index is 11.9. The van der Waals surface area contributed by atoms with E-state index in [2.05, 4.69) is 27.5 Å². The molecule has 0 spiro atoms. The van der Waals surface area contributed by atoms with E-state index < -0.39 is 5.97 Å². The highest BCUT2D eigenvalue weighted by Crippen LogP contribution is 2.20. The number of esters is 1. The van der Waals surface area contributed by atoms with Crippen molar-refractivity contribution in [1.82, 2.24) is 15.6 Å². The lowest BCUT2D eigenvalue weighted by Gasteiger charge is -2.13. The van der Waals surface area contributed by atoms with Crippen molar-refractivity contribution in [3.63, 3.8) is 0 Å². The lowest BCUT2D eigenvalue weighted by molar-refractivity contribution is 0.0597. The molecule has 0 bridgehead atoms. The predicted octanol–water partition coefficient (Wildman–Crippen LogP) is 2.37. The first kappa shape index (κ1) is 19.7. The zero-order valence-electron chi connectivity index (χ0n) is 15.5. The smallest absolute Gasteiger partial charge is 0.341 e. The molecule has 0 aliphatic heterocycles. The molecule has 140 valence electrons. The van der Waals surface area contributed by atoms with Gasteiger partial charge < -0.3 is 20.1 Å². The van der Waals surface area contributed by atoms with Crippen LogP contribution in [-0.2, 0) is 24.2 Å². The molecular formula is C18H24N4O3S. The van der Waals surface area contributed by atoms with Crippen molar-refractivity contribution >= 4 is 23.3 Å². The Morgan fingerprint density at radius 1 is 1.27 bits per heavy atom. The number of nitrogens with zero attached hydrogens (tertiary/aromatic N) is 2. The minimum atomic E-state index is -0.429. The van der Waals surface area contributed by atoms with E-state index in [0.717, 1.165) is 17.0 Å². The van der Waals surface area contributed by atoms with Crippen LogP contribution in [0.1, 0.15) is 32.7 Å². The highest BCUT2D eigenvalue weighted by atomic mass is 32.1. The average molecular weight is 376 g/mol. The van der Waals surface area contributed by atoms with Crippen LogP contribution in [0, 0.1) is 0 Å². The fourth-order valence-corrected chi connectivity index (χ4v) is 3.10. The van der Waals surface area contributed by atoms with Gasteiger partial charge in [-0.2, -0.15) is 0 Å². The Hall–Kier alpha value is -2.61. The number of carbonyl (C=O) groups is 1. The third kappa shape index (κ3) is 5.19. The molecule has 26 heavy (non-hydrogen) atoms. The number of aryl methyl sites for hydroxylation is 1. The number of carbonyl (C=O) groups excluding carboxylic acids is 1. The number of ether oxygens (including phenoxy) is 2. The third-order valence-electron chi connectivity index (χ3n) is 3.71. The van der Waals surface area contributed by atoms with Crippen LogP contribution in [-0.4, -0.2) is 38.2 Å². The molecule has 1 aromatic carbocycles. The van der Waals surface area contributed by atoms with Gasteiger partial charge in [0.05, 0.1) is 20.8 Å². The lowest BCUT2D eigenvalue weighted by atomic mass is 10.1. The standard InChI is InChI=1S/C18H24N4O3S/c1-5-13-10-20-16(26-13)11-22-18(19-2)21-9-12-6-7-15(24-3)14(8-12)17(23)25-4/h6-8,10H,5,9,11H2,1-4H3,(H2,19,21,22). The molecule has 0 atom stereocenters. The lowest BCUT2D eigenvalue weighted by Crippen LogP contribution is -2.36. The number of benzene rings is 1. The van der Waals surface area contributed by atoms with Gasteiger partial charge in [0.15, 0.2) is 5.96 Å². The number of rotatable bonds is 7. The number of methoxy groups -OCH3 is 2. The summed E-state index contributed by atoms with van der Waals surface area (Å²) in [5, 5.41) is 7.47.